The predicted molar refractivity (Wildman–Crippen MR) is 51.3 cm³/mol. The number of hydrogen-bond acceptors (Lipinski definition) is 4. The standard InChI is InChI=1S/C8H9ClN4/c1-12-4-5-13(6-12)7-2-3-10-8(9)11-7/h2-5H,6H2,1H3. The van der Waals surface area contributed by atoms with E-state index in [2.05, 4.69) is 14.9 Å². The van der Waals surface area contributed by atoms with Crippen LogP contribution in [-0.4, -0.2) is 28.6 Å². The smallest absolute Gasteiger partial charge is 0.224 e. The summed E-state index contributed by atoms with van der Waals surface area (Å²) in [7, 11) is 2.00. The van der Waals surface area contributed by atoms with Crippen molar-refractivity contribution in [3.63, 3.8) is 0 Å². The normalized spacial score (nSPS) is 15.5. The van der Waals surface area contributed by atoms with Crippen LogP contribution in [0.2, 0.25) is 5.28 Å². The predicted octanol–water partition coefficient (Wildman–Crippen LogP) is 1.31. The maximum Gasteiger partial charge on any atom is 0.224 e. The van der Waals surface area contributed by atoms with Crippen LogP contribution < -0.4 is 4.90 Å². The average molecular weight is 197 g/mol. The summed E-state index contributed by atoms with van der Waals surface area (Å²) in [5.74, 6) is 0.820. The number of rotatable bonds is 1. The van der Waals surface area contributed by atoms with Crippen molar-refractivity contribution in [2.75, 3.05) is 18.6 Å². The molecule has 0 N–H and O–H groups in total. The number of anilines is 1. The van der Waals surface area contributed by atoms with Gasteiger partial charge >= 0.3 is 0 Å². The molecule has 0 fully saturated rings. The van der Waals surface area contributed by atoms with Crippen molar-refractivity contribution in [3.05, 3.63) is 29.9 Å². The molecule has 5 heteroatoms. The highest BCUT2D eigenvalue weighted by Gasteiger charge is 2.11. The minimum absolute atomic E-state index is 0.278. The molecule has 0 atom stereocenters. The first-order valence-corrected chi connectivity index (χ1v) is 4.27. The molecule has 1 aromatic heterocycles. The Morgan fingerprint density at radius 2 is 2.31 bits per heavy atom. The van der Waals surface area contributed by atoms with Gasteiger partial charge in [0.15, 0.2) is 0 Å². The fraction of sp³-hybridized carbons (Fsp3) is 0.250. The van der Waals surface area contributed by atoms with E-state index >= 15 is 0 Å². The van der Waals surface area contributed by atoms with Crippen LogP contribution >= 0.6 is 11.6 Å². The lowest BCUT2D eigenvalue weighted by Crippen LogP contribution is -2.22. The van der Waals surface area contributed by atoms with Gasteiger partial charge in [0.25, 0.3) is 0 Å². The second-order valence-electron chi connectivity index (χ2n) is 2.85. The Balaban J connectivity index is 2.22. The molecule has 0 amide bonds. The third-order valence-electron chi connectivity index (χ3n) is 1.78. The zero-order chi connectivity index (χ0) is 9.26. The minimum atomic E-state index is 0.278. The first-order valence-electron chi connectivity index (χ1n) is 3.89. The third-order valence-corrected chi connectivity index (χ3v) is 1.96. The molecule has 0 saturated carbocycles. The van der Waals surface area contributed by atoms with E-state index in [0.29, 0.717) is 0 Å². The lowest BCUT2D eigenvalue weighted by atomic mass is 10.5. The largest absolute Gasteiger partial charge is 0.361 e. The summed E-state index contributed by atoms with van der Waals surface area (Å²) in [6, 6.07) is 1.83. The van der Waals surface area contributed by atoms with Crippen LogP contribution in [0.25, 0.3) is 0 Å². The van der Waals surface area contributed by atoms with Crippen LogP contribution in [0.15, 0.2) is 24.7 Å². The monoisotopic (exact) mass is 196 g/mol. The summed E-state index contributed by atoms with van der Waals surface area (Å²) in [4.78, 5) is 12.0. The molecule has 0 unspecified atom stereocenters. The molecule has 0 aromatic carbocycles. The Morgan fingerprint density at radius 1 is 1.46 bits per heavy atom. The molecule has 2 rings (SSSR count). The number of halogens is 1. The van der Waals surface area contributed by atoms with Crippen LogP contribution in [-0.2, 0) is 0 Å². The van der Waals surface area contributed by atoms with Gasteiger partial charge in [-0.25, -0.2) is 9.97 Å². The summed E-state index contributed by atoms with van der Waals surface area (Å²) in [6.45, 7) is 0.799. The zero-order valence-electron chi connectivity index (χ0n) is 7.18. The Bertz CT molecular complexity index is 339. The number of hydrogen-bond donors (Lipinski definition) is 0. The van der Waals surface area contributed by atoms with Crippen molar-refractivity contribution >= 4 is 17.4 Å². The highest BCUT2D eigenvalue weighted by molar-refractivity contribution is 6.28. The van der Waals surface area contributed by atoms with Crippen LogP contribution in [0.4, 0.5) is 5.82 Å². The van der Waals surface area contributed by atoms with E-state index in [-0.39, 0.29) is 5.28 Å². The van der Waals surface area contributed by atoms with E-state index in [1.54, 1.807) is 6.20 Å². The molecule has 13 heavy (non-hydrogen) atoms. The van der Waals surface area contributed by atoms with Gasteiger partial charge in [-0.15, -0.1) is 0 Å². The molecule has 68 valence electrons. The van der Waals surface area contributed by atoms with Gasteiger partial charge in [0.05, 0.1) is 6.67 Å². The molecule has 1 aliphatic heterocycles. The third kappa shape index (κ3) is 1.72. The quantitative estimate of drug-likeness (QED) is 0.634. The highest BCUT2D eigenvalue weighted by atomic mass is 35.5. The Labute approximate surface area is 81.5 Å². The first kappa shape index (κ1) is 8.31. The van der Waals surface area contributed by atoms with Crippen molar-refractivity contribution < 1.29 is 0 Å². The highest BCUT2D eigenvalue weighted by Crippen LogP contribution is 2.16. The van der Waals surface area contributed by atoms with Gasteiger partial charge in [0, 0.05) is 25.6 Å². The zero-order valence-corrected chi connectivity index (χ0v) is 7.94. The van der Waals surface area contributed by atoms with Crippen LogP contribution in [0.3, 0.4) is 0 Å². The minimum Gasteiger partial charge on any atom is -0.361 e. The fourth-order valence-corrected chi connectivity index (χ4v) is 1.31. The van der Waals surface area contributed by atoms with E-state index in [9.17, 15) is 0 Å². The van der Waals surface area contributed by atoms with Crippen molar-refractivity contribution in [2.45, 2.75) is 0 Å². The lowest BCUT2D eigenvalue weighted by Gasteiger charge is -2.16. The van der Waals surface area contributed by atoms with Crippen molar-refractivity contribution in [1.29, 1.82) is 0 Å². The molecule has 1 aliphatic rings. The molecule has 0 spiro atoms. The summed E-state index contributed by atoms with van der Waals surface area (Å²) < 4.78 is 0. The molecule has 1 aromatic rings. The summed E-state index contributed by atoms with van der Waals surface area (Å²) >= 11 is 5.67. The summed E-state index contributed by atoms with van der Waals surface area (Å²) in [5, 5.41) is 0.278. The Hall–Kier alpha value is -1.29. The van der Waals surface area contributed by atoms with Gasteiger partial charge < -0.3 is 9.80 Å². The van der Waals surface area contributed by atoms with E-state index in [1.807, 2.05) is 30.4 Å². The first-order chi connectivity index (χ1) is 6.25. The molecular weight excluding hydrogens is 188 g/mol. The number of nitrogens with zero attached hydrogens (tertiary/aromatic N) is 4. The maximum absolute atomic E-state index is 5.67. The molecule has 0 radical (unpaired) electrons. The molecule has 0 saturated heterocycles. The molecule has 4 nitrogen and oxygen atoms in total. The number of aromatic nitrogens is 2. The van der Waals surface area contributed by atoms with Crippen LogP contribution in [0, 0.1) is 0 Å². The van der Waals surface area contributed by atoms with E-state index in [4.69, 9.17) is 11.6 Å². The second-order valence-corrected chi connectivity index (χ2v) is 3.19. The Kier molecular flexibility index (Phi) is 2.06. The van der Waals surface area contributed by atoms with Gasteiger partial charge in [-0.2, -0.15) is 0 Å². The average Bonchev–Trinajstić information content (AvgIpc) is 2.52. The molecular formula is C8H9ClN4. The van der Waals surface area contributed by atoms with Gasteiger partial charge in [0.2, 0.25) is 5.28 Å². The van der Waals surface area contributed by atoms with E-state index in [1.165, 1.54) is 0 Å². The van der Waals surface area contributed by atoms with Crippen molar-refractivity contribution in [1.82, 2.24) is 14.9 Å². The van der Waals surface area contributed by atoms with Gasteiger partial charge in [-0.1, -0.05) is 0 Å². The van der Waals surface area contributed by atoms with Crippen molar-refractivity contribution in [3.8, 4) is 0 Å². The van der Waals surface area contributed by atoms with Crippen LogP contribution in [0.1, 0.15) is 0 Å². The molecule has 2 heterocycles. The van der Waals surface area contributed by atoms with E-state index < -0.39 is 0 Å². The SMILES string of the molecule is CN1C=CN(c2ccnc(Cl)n2)C1. The van der Waals surface area contributed by atoms with Crippen molar-refractivity contribution in [2.24, 2.45) is 0 Å². The van der Waals surface area contributed by atoms with Gasteiger partial charge in [-0.3, -0.25) is 0 Å². The fourth-order valence-electron chi connectivity index (χ4n) is 1.16. The van der Waals surface area contributed by atoms with Crippen LogP contribution in [0.5, 0.6) is 0 Å². The maximum atomic E-state index is 5.67. The second kappa shape index (κ2) is 3.22. The summed E-state index contributed by atoms with van der Waals surface area (Å²) in [6.07, 6.45) is 5.59. The summed E-state index contributed by atoms with van der Waals surface area (Å²) in [5.41, 5.74) is 0. The lowest BCUT2D eigenvalue weighted by molar-refractivity contribution is 0.494. The molecule has 0 aliphatic carbocycles. The van der Waals surface area contributed by atoms with Gasteiger partial charge in [-0.05, 0) is 17.7 Å². The van der Waals surface area contributed by atoms with E-state index in [0.717, 1.165) is 12.5 Å². The van der Waals surface area contributed by atoms with Gasteiger partial charge in [0.1, 0.15) is 5.82 Å². The topological polar surface area (TPSA) is 32.3 Å². The molecule has 0 bridgehead atoms. The Morgan fingerprint density at radius 3 is 2.92 bits per heavy atom.